The van der Waals surface area contributed by atoms with Gasteiger partial charge in [-0.1, -0.05) is 44.0 Å². The van der Waals surface area contributed by atoms with E-state index >= 15 is 0 Å². The van der Waals surface area contributed by atoms with Gasteiger partial charge in [0.25, 0.3) is 0 Å². The molecule has 4 aromatic rings. The smallest absolute Gasteiger partial charge is 0.324 e. The monoisotopic (exact) mass is 611 g/mol. The molecule has 2 aromatic carbocycles. The topological polar surface area (TPSA) is 131 Å². The van der Waals surface area contributed by atoms with Gasteiger partial charge < -0.3 is 25.4 Å². The molecule has 42 heavy (non-hydrogen) atoms. The average Bonchev–Trinajstić information content (AvgIpc) is 3.37. The van der Waals surface area contributed by atoms with Gasteiger partial charge in [-0.05, 0) is 49.5 Å². The van der Waals surface area contributed by atoms with E-state index in [1.165, 1.54) is 6.20 Å². The van der Waals surface area contributed by atoms with Crippen LogP contribution in [0.5, 0.6) is 17.2 Å². The van der Waals surface area contributed by atoms with E-state index in [1.54, 1.807) is 43.1 Å². The second-order valence-electron chi connectivity index (χ2n) is 10.2. The molecule has 4 N–H and O–H groups in total. The third-order valence-electron chi connectivity index (χ3n) is 5.90. The number of nitrogens with one attached hydrogen (secondary N) is 4. The summed E-state index contributed by atoms with van der Waals surface area (Å²) in [6.45, 7) is 6.25. The van der Waals surface area contributed by atoms with Crippen LogP contribution in [0.2, 0.25) is 10.0 Å². The van der Waals surface area contributed by atoms with E-state index < -0.39 is 6.03 Å². The fraction of sp³-hybridized carbons (Fsp3) is 0.241. The van der Waals surface area contributed by atoms with Gasteiger partial charge in [0.05, 0.1) is 35.7 Å². The molecule has 0 saturated heterocycles. The Kier molecular flexibility index (Phi) is 9.56. The predicted octanol–water partition coefficient (Wildman–Crippen LogP) is 6.47. The highest BCUT2D eigenvalue weighted by atomic mass is 35.5. The summed E-state index contributed by atoms with van der Waals surface area (Å²) in [5.74, 6) is 1.85. The maximum absolute atomic E-state index is 13.1. The third kappa shape index (κ3) is 7.49. The number of carbonyl (C=O) groups excluding carboxylic acids is 2. The summed E-state index contributed by atoms with van der Waals surface area (Å²) in [6.07, 6.45) is 1.49. The zero-order valence-electron chi connectivity index (χ0n) is 23.7. The van der Waals surface area contributed by atoms with Gasteiger partial charge in [0.15, 0.2) is 0 Å². The third-order valence-corrected chi connectivity index (χ3v) is 6.76. The van der Waals surface area contributed by atoms with Crippen molar-refractivity contribution < 1.29 is 19.1 Å². The number of halogens is 2. The van der Waals surface area contributed by atoms with Gasteiger partial charge in [0, 0.05) is 23.7 Å². The number of aromatic nitrogens is 3. The van der Waals surface area contributed by atoms with Crippen molar-refractivity contribution in [3.8, 4) is 22.9 Å². The van der Waals surface area contributed by atoms with Gasteiger partial charge in [0.1, 0.15) is 33.9 Å². The fourth-order valence-electron chi connectivity index (χ4n) is 3.75. The lowest BCUT2D eigenvalue weighted by molar-refractivity contribution is -0.115. The number of likely N-dealkylation sites (N-methyl/N-ethyl adjacent to an activating group) is 1. The Balaban J connectivity index is 1.50. The number of ether oxygens (including phenoxy) is 2. The molecule has 0 aliphatic heterocycles. The molecule has 0 aliphatic carbocycles. The summed E-state index contributed by atoms with van der Waals surface area (Å²) >= 11 is 13.0. The van der Waals surface area contributed by atoms with Crippen molar-refractivity contribution in [2.75, 3.05) is 36.7 Å². The first-order valence-corrected chi connectivity index (χ1v) is 13.6. The number of amides is 3. The van der Waals surface area contributed by atoms with Crippen molar-refractivity contribution in [1.29, 1.82) is 0 Å². The van der Waals surface area contributed by atoms with Crippen LogP contribution < -0.4 is 30.7 Å². The highest BCUT2D eigenvalue weighted by Gasteiger charge is 2.22. The zero-order valence-corrected chi connectivity index (χ0v) is 25.2. The fourth-order valence-corrected chi connectivity index (χ4v) is 4.16. The van der Waals surface area contributed by atoms with Crippen LogP contribution in [-0.2, 0) is 10.2 Å². The maximum Gasteiger partial charge on any atom is 0.324 e. The van der Waals surface area contributed by atoms with Gasteiger partial charge in [-0.25, -0.2) is 14.5 Å². The molecule has 0 fully saturated rings. The number of pyridine rings is 1. The molecule has 4 rings (SSSR count). The number of urea groups is 1. The number of anilines is 3. The number of benzene rings is 2. The van der Waals surface area contributed by atoms with Gasteiger partial charge in [-0.2, -0.15) is 5.10 Å². The van der Waals surface area contributed by atoms with E-state index in [0.29, 0.717) is 23.1 Å². The molecule has 2 heterocycles. The van der Waals surface area contributed by atoms with Crippen molar-refractivity contribution >= 4 is 52.5 Å². The summed E-state index contributed by atoms with van der Waals surface area (Å²) in [7, 11) is 3.26. The number of carbonyl (C=O) groups is 2. The Bertz CT molecular complexity index is 1580. The van der Waals surface area contributed by atoms with Crippen LogP contribution in [0.3, 0.4) is 0 Å². The lowest BCUT2D eigenvalue weighted by Gasteiger charge is -2.14. The summed E-state index contributed by atoms with van der Waals surface area (Å²) in [4.78, 5) is 29.0. The highest BCUT2D eigenvalue weighted by Crippen LogP contribution is 2.40. The van der Waals surface area contributed by atoms with E-state index in [1.807, 2.05) is 51.1 Å². The lowest BCUT2D eigenvalue weighted by atomic mass is 9.92. The second-order valence-corrected chi connectivity index (χ2v) is 10.9. The largest absolute Gasteiger partial charge is 0.497 e. The summed E-state index contributed by atoms with van der Waals surface area (Å²) in [5, 5.41) is 15.9. The first-order chi connectivity index (χ1) is 20.0. The SMILES string of the molecule is CNCC(=O)Nc1cc(Oc2ccc(NC(=O)Nc3cc(C(C)(C)C)nn3-c3ccc(OC)cc3)c(Cl)c2Cl)ccn1. The van der Waals surface area contributed by atoms with Crippen LogP contribution in [0.25, 0.3) is 5.69 Å². The number of nitrogens with zero attached hydrogens (tertiary/aromatic N) is 3. The Morgan fingerprint density at radius 2 is 1.67 bits per heavy atom. The Labute approximate surface area is 253 Å². The van der Waals surface area contributed by atoms with Crippen molar-refractivity contribution in [2.24, 2.45) is 0 Å². The minimum Gasteiger partial charge on any atom is -0.497 e. The molecule has 0 radical (unpaired) electrons. The predicted molar refractivity (Wildman–Crippen MR) is 165 cm³/mol. The van der Waals surface area contributed by atoms with E-state index in [-0.39, 0.29) is 39.3 Å². The van der Waals surface area contributed by atoms with Crippen molar-refractivity contribution in [3.05, 3.63) is 76.5 Å². The highest BCUT2D eigenvalue weighted by molar-refractivity contribution is 6.45. The van der Waals surface area contributed by atoms with E-state index in [9.17, 15) is 9.59 Å². The van der Waals surface area contributed by atoms with Crippen LogP contribution in [0.1, 0.15) is 26.5 Å². The molecule has 2 aromatic heterocycles. The maximum atomic E-state index is 13.1. The van der Waals surface area contributed by atoms with Crippen molar-refractivity contribution in [3.63, 3.8) is 0 Å². The first-order valence-electron chi connectivity index (χ1n) is 12.9. The molecular weight excluding hydrogens is 581 g/mol. The van der Waals surface area contributed by atoms with Crippen LogP contribution in [-0.4, -0.2) is 47.4 Å². The van der Waals surface area contributed by atoms with Crippen molar-refractivity contribution in [2.45, 2.75) is 26.2 Å². The van der Waals surface area contributed by atoms with Crippen molar-refractivity contribution in [1.82, 2.24) is 20.1 Å². The molecular formula is C29H31Cl2N7O4. The molecule has 11 nitrogen and oxygen atoms in total. The molecule has 0 unspecified atom stereocenters. The lowest BCUT2D eigenvalue weighted by Crippen LogP contribution is -2.25. The minimum absolute atomic E-state index is 0.0833. The van der Waals surface area contributed by atoms with E-state index in [4.69, 9.17) is 37.8 Å². The van der Waals surface area contributed by atoms with Crippen LogP contribution >= 0.6 is 23.2 Å². The zero-order chi connectivity index (χ0) is 30.4. The normalized spacial score (nSPS) is 11.1. The quantitative estimate of drug-likeness (QED) is 0.170. The average molecular weight is 613 g/mol. The summed E-state index contributed by atoms with van der Waals surface area (Å²) in [6, 6.07) is 14.9. The molecule has 0 aliphatic rings. The number of methoxy groups -OCH3 is 1. The Hall–Kier alpha value is -4.32. The molecule has 0 spiro atoms. The summed E-state index contributed by atoms with van der Waals surface area (Å²) in [5.41, 5.74) is 1.54. The number of hydrogen-bond acceptors (Lipinski definition) is 7. The van der Waals surface area contributed by atoms with E-state index in [2.05, 4.69) is 26.3 Å². The molecule has 220 valence electrons. The van der Waals surface area contributed by atoms with Crippen LogP contribution in [0.15, 0.2) is 60.8 Å². The minimum atomic E-state index is -0.548. The molecule has 0 bridgehead atoms. The molecule has 13 heteroatoms. The van der Waals surface area contributed by atoms with Gasteiger partial charge in [-0.3, -0.25) is 10.1 Å². The Morgan fingerprint density at radius 1 is 0.929 bits per heavy atom. The van der Waals surface area contributed by atoms with Crippen LogP contribution in [0, 0.1) is 0 Å². The van der Waals surface area contributed by atoms with Gasteiger partial charge in [0.2, 0.25) is 5.91 Å². The number of rotatable bonds is 9. The van der Waals surface area contributed by atoms with Crippen LogP contribution in [0.4, 0.5) is 22.1 Å². The van der Waals surface area contributed by atoms with Gasteiger partial charge >= 0.3 is 6.03 Å². The standard InChI is InChI=1S/C29H31Cl2N7O4/c1-29(2,3)22-15-24(38(37-22)17-6-8-18(41-5)9-7-17)36-28(40)34-20-10-11-21(27(31)26(20)30)42-19-12-13-33-23(14-19)35-25(39)16-32-4/h6-15,32H,16H2,1-5H3,(H,33,35,39)(H2,34,36,40). The first kappa shape index (κ1) is 30.6. The van der Waals surface area contributed by atoms with E-state index in [0.717, 1.165) is 11.4 Å². The molecule has 0 saturated carbocycles. The molecule has 0 atom stereocenters. The summed E-state index contributed by atoms with van der Waals surface area (Å²) < 4.78 is 12.8. The second kappa shape index (κ2) is 13.1. The Morgan fingerprint density at radius 3 is 2.33 bits per heavy atom. The van der Waals surface area contributed by atoms with Gasteiger partial charge in [-0.15, -0.1) is 0 Å². The molecule has 3 amide bonds. The number of hydrogen-bond donors (Lipinski definition) is 4.